The van der Waals surface area contributed by atoms with Crippen molar-refractivity contribution in [1.29, 1.82) is 0 Å². The smallest absolute Gasteiger partial charge is 0.407 e. The second kappa shape index (κ2) is 11.7. The summed E-state index contributed by atoms with van der Waals surface area (Å²) in [7, 11) is 1.29. The van der Waals surface area contributed by atoms with Crippen LogP contribution in [0.4, 0.5) is 4.79 Å². The highest BCUT2D eigenvalue weighted by Gasteiger charge is 2.40. The van der Waals surface area contributed by atoms with E-state index in [1.165, 1.54) is 7.11 Å². The number of carbonyl (C=O) groups is 2. The Bertz CT molecular complexity index is 1050. The monoisotopic (exact) mass is 502 g/mol. The molecular formula is C26H35ClN4O4. The number of ether oxygens (including phenoxy) is 1. The van der Waals surface area contributed by atoms with E-state index in [4.69, 9.17) is 20.9 Å². The number of rotatable bonds is 8. The molecule has 4 unspecified atom stereocenters. The number of alkyl carbamates (subject to hydrolysis) is 1. The van der Waals surface area contributed by atoms with Crippen molar-refractivity contribution in [3.8, 4) is 11.3 Å². The second-order valence-electron chi connectivity index (χ2n) is 9.44. The van der Waals surface area contributed by atoms with Crippen molar-refractivity contribution in [2.75, 3.05) is 13.7 Å². The number of hydrogen-bond donors (Lipinski definition) is 2. The van der Waals surface area contributed by atoms with Crippen molar-refractivity contribution in [2.24, 2.45) is 11.8 Å². The van der Waals surface area contributed by atoms with Crippen LogP contribution in [0.3, 0.4) is 0 Å². The molecular weight excluding hydrogens is 468 g/mol. The zero-order valence-electron chi connectivity index (χ0n) is 21.2. The summed E-state index contributed by atoms with van der Waals surface area (Å²) < 4.78 is 9.68. The maximum atomic E-state index is 13.4. The highest BCUT2D eigenvalue weighted by Crippen LogP contribution is 2.36. The van der Waals surface area contributed by atoms with Gasteiger partial charge in [0.1, 0.15) is 18.0 Å². The van der Waals surface area contributed by atoms with Gasteiger partial charge in [-0.1, -0.05) is 51.1 Å². The maximum Gasteiger partial charge on any atom is 0.407 e. The Morgan fingerprint density at radius 1 is 1.26 bits per heavy atom. The van der Waals surface area contributed by atoms with E-state index in [1.54, 1.807) is 6.20 Å². The van der Waals surface area contributed by atoms with Gasteiger partial charge >= 0.3 is 6.09 Å². The lowest BCUT2D eigenvalue weighted by atomic mass is 9.99. The number of H-pyrrole nitrogens is 1. The predicted molar refractivity (Wildman–Crippen MR) is 136 cm³/mol. The molecule has 3 rings (SSSR count). The van der Waals surface area contributed by atoms with Gasteiger partial charge in [-0.05, 0) is 48.8 Å². The molecule has 0 aliphatic carbocycles. The van der Waals surface area contributed by atoms with Crippen LogP contribution in [0.5, 0.6) is 0 Å². The number of nitrogens with one attached hydrogen (secondary N) is 2. The molecule has 190 valence electrons. The third-order valence-corrected chi connectivity index (χ3v) is 6.77. The molecule has 0 spiro atoms. The molecule has 0 saturated carbocycles. The number of imidazole rings is 1. The Hall–Kier alpha value is -2.84. The Morgan fingerprint density at radius 3 is 2.51 bits per heavy atom. The summed E-state index contributed by atoms with van der Waals surface area (Å²) in [5.41, 5.74) is 3.89. The number of aromatic amines is 1. The number of hydrogen-bond acceptors (Lipinski definition) is 5. The van der Waals surface area contributed by atoms with Crippen LogP contribution in [0.15, 0.2) is 36.5 Å². The summed E-state index contributed by atoms with van der Waals surface area (Å²) in [6.45, 7) is 10.4. The Morgan fingerprint density at radius 2 is 1.94 bits per heavy atom. The normalized spacial score (nSPS) is 20.1. The van der Waals surface area contributed by atoms with E-state index in [9.17, 15) is 9.59 Å². The zero-order chi connectivity index (χ0) is 25.7. The molecule has 4 atom stereocenters. The van der Waals surface area contributed by atoms with Crippen LogP contribution >= 0.6 is 11.9 Å². The lowest BCUT2D eigenvalue weighted by Gasteiger charge is -2.30. The molecule has 9 heteroatoms. The van der Waals surface area contributed by atoms with Gasteiger partial charge in [-0.15, -0.1) is 0 Å². The Kier molecular flexibility index (Phi) is 8.97. The van der Waals surface area contributed by atoms with Crippen LogP contribution in [0, 0.1) is 11.8 Å². The van der Waals surface area contributed by atoms with Gasteiger partial charge in [-0.25, -0.2) is 9.78 Å². The number of likely N-dealkylation sites (tertiary alicyclic amines) is 1. The van der Waals surface area contributed by atoms with E-state index in [-0.39, 0.29) is 24.0 Å². The van der Waals surface area contributed by atoms with E-state index < -0.39 is 12.1 Å². The minimum Gasteiger partial charge on any atom is -0.453 e. The molecule has 2 amide bonds. The lowest BCUT2D eigenvalue weighted by molar-refractivity contribution is -0.135. The summed E-state index contributed by atoms with van der Waals surface area (Å²) in [5.74, 6) is 0.836. The molecule has 8 nitrogen and oxygen atoms in total. The topological polar surface area (TPSA) is 96.5 Å². The van der Waals surface area contributed by atoms with Gasteiger partial charge in [0, 0.05) is 6.54 Å². The molecule has 1 fully saturated rings. The number of methoxy groups -OCH3 is 1. The number of carbonyl (C=O) groups excluding carboxylic acids is 2. The van der Waals surface area contributed by atoms with E-state index in [0.29, 0.717) is 12.5 Å². The number of amides is 2. The largest absolute Gasteiger partial charge is 0.453 e. The van der Waals surface area contributed by atoms with Crippen molar-refractivity contribution in [3.63, 3.8) is 0 Å². The summed E-state index contributed by atoms with van der Waals surface area (Å²) in [6.07, 6.45) is 3.74. The van der Waals surface area contributed by atoms with Crippen LogP contribution in [0.1, 0.15) is 58.5 Å². The van der Waals surface area contributed by atoms with Gasteiger partial charge in [-0.2, -0.15) is 0 Å². The molecule has 1 aromatic carbocycles. The first-order valence-corrected chi connectivity index (χ1v) is 12.2. The van der Waals surface area contributed by atoms with Gasteiger partial charge in [-0.3, -0.25) is 9.08 Å². The van der Waals surface area contributed by atoms with Crippen LogP contribution in [0.25, 0.3) is 16.8 Å². The Labute approximate surface area is 212 Å². The van der Waals surface area contributed by atoms with Crippen molar-refractivity contribution in [3.05, 3.63) is 47.9 Å². The molecule has 1 aliphatic heterocycles. The van der Waals surface area contributed by atoms with Crippen LogP contribution in [-0.2, 0) is 13.8 Å². The van der Waals surface area contributed by atoms with Gasteiger partial charge in [0.15, 0.2) is 0 Å². The fourth-order valence-electron chi connectivity index (χ4n) is 4.61. The third kappa shape index (κ3) is 6.05. The first kappa shape index (κ1) is 26.8. The average molecular weight is 503 g/mol. The maximum absolute atomic E-state index is 13.4. The average Bonchev–Trinajstić information content (AvgIpc) is 3.49. The highest BCUT2D eigenvalue weighted by atomic mass is 35.5. The SMILES string of the molecule is CC=C(c1ccc(-c2cnc(C3CC(C)CN3C(=O)C(NC(=O)OC)C(C)C)[nH]2)cc1)C(C)OCl. The van der Waals surface area contributed by atoms with E-state index >= 15 is 0 Å². The molecule has 2 aromatic rings. The number of benzene rings is 1. The van der Waals surface area contributed by atoms with Crippen molar-refractivity contribution >= 4 is 29.4 Å². The fourth-order valence-corrected chi connectivity index (χ4v) is 4.70. The molecule has 2 heterocycles. The quantitative estimate of drug-likeness (QED) is 0.508. The molecule has 0 bridgehead atoms. The molecule has 1 aromatic heterocycles. The van der Waals surface area contributed by atoms with Crippen molar-refractivity contribution in [2.45, 2.75) is 59.2 Å². The first-order valence-electron chi connectivity index (χ1n) is 11.9. The highest BCUT2D eigenvalue weighted by molar-refractivity contribution is 6.08. The van der Waals surface area contributed by atoms with E-state index in [2.05, 4.69) is 22.2 Å². The van der Waals surface area contributed by atoms with Crippen LogP contribution < -0.4 is 5.32 Å². The minimum atomic E-state index is -0.669. The number of halogens is 1. The second-order valence-corrected chi connectivity index (χ2v) is 9.62. The zero-order valence-corrected chi connectivity index (χ0v) is 21.9. The third-order valence-electron chi connectivity index (χ3n) is 6.51. The summed E-state index contributed by atoms with van der Waals surface area (Å²) in [5, 5.41) is 2.69. The van der Waals surface area contributed by atoms with E-state index in [0.717, 1.165) is 34.6 Å². The van der Waals surface area contributed by atoms with Gasteiger partial charge in [0.2, 0.25) is 5.91 Å². The van der Waals surface area contributed by atoms with Gasteiger partial charge < -0.3 is 19.9 Å². The standard InChI is InChI=1S/C26H35ClN4O4/c1-7-20(17(5)35-27)18-8-10-19(11-9-18)21-13-28-24(29-21)22-12-16(4)14-31(22)25(32)23(15(2)3)30-26(33)34-6/h7-11,13,15-17,22-23H,12,14H2,1-6H3,(H,28,29)(H,30,33). The van der Waals surface area contributed by atoms with Crippen molar-refractivity contribution in [1.82, 2.24) is 20.2 Å². The molecule has 1 aliphatic rings. The number of allylic oxidation sites excluding steroid dienone is 1. The summed E-state index contributed by atoms with van der Waals surface area (Å²) >= 11 is 5.57. The number of aromatic nitrogens is 2. The van der Waals surface area contributed by atoms with Crippen molar-refractivity contribution < 1.29 is 18.6 Å². The fraction of sp³-hybridized carbons (Fsp3) is 0.500. The molecule has 0 radical (unpaired) electrons. The lowest BCUT2D eigenvalue weighted by Crippen LogP contribution is -2.51. The number of nitrogens with zero attached hydrogens (tertiary/aromatic N) is 2. The predicted octanol–water partition coefficient (Wildman–Crippen LogP) is 5.33. The first-order chi connectivity index (χ1) is 16.7. The molecule has 2 N–H and O–H groups in total. The van der Waals surface area contributed by atoms with Crippen LogP contribution in [0.2, 0.25) is 0 Å². The summed E-state index contributed by atoms with van der Waals surface area (Å²) in [6, 6.07) is 7.23. The summed E-state index contributed by atoms with van der Waals surface area (Å²) in [4.78, 5) is 35.1. The van der Waals surface area contributed by atoms with E-state index in [1.807, 2.05) is 62.9 Å². The Balaban J connectivity index is 1.82. The van der Waals surface area contributed by atoms with Gasteiger partial charge in [0.05, 0.1) is 36.9 Å². The van der Waals surface area contributed by atoms with Crippen LogP contribution in [-0.4, -0.2) is 52.7 Å². The minimum absolute atomic E-state index is 0.0854. The van der Waals surface area contributed by atoms with Gasteiger partial charge in [0.25, 0.3) is 0 Å². The molecule has 1 saturated heterocycles. The molecule has 35 heavy (non-hydrogen) atoms.